The molecule has 50 valence electrons. The van der Waals surface area contributed by atoms with E-state index >= 15 is 0 Å². The summed E-state index contributed by atoms with van der Waals surface area (Å²) in [4.78, 5) is 31.1. The average Bonchev–Trinajstić information content (AvgIpc) is 1.19. The maximum Gasteiger partial charge on any atom is 0.466 e. The molecule has 0 amide bonds. The molecule has 0 aliphatic carbocycles. The van der Waals surface area contributed by atoms with Crippen molar-refractivity contribution >= 4 is 56.7 Å². The van der Waals surface area contributed by atoms with Gasteiger partial charge in [-0.2, -0.15) is 0 Å². The molecule has 0 aromatic rings. The van der Waals surface area contributed by atoms with E-state index in [0.29, 0.717) is 48.8 Å². The molecule has 0 atom stereocenters. The summed E-state index contributed by atoms with van der Waals surface area (Å²) in [6.45, 7) is 1.61. The zero-order chi connectivity index (χ0) is 8.08. The number of hydrogen-bond donors (Lipinski definition) is 3. The van der Waals surface area contributed by atoms with Crippen molar-refractivity contribution in [3.8, 4) is 0 Å². The molecule has 0 bridgehead atoms. The number of carbonyl (C=O) groups excluding carboxylic acids is 1. The van der Waals surface area contributed by atoms with Crippen LogP contribution in [0.1, 0.15) is 6.92 Å². The van der Waals surface area contributed by atoms with Crippen molar-refractivity contribution in [2.45, 2.75) is 6.92 Å². The smallest absolute Gasteiger partial charge is 0.303 e. The maximum atomic E-state index is 9.53. The quantitative estimate of drug-likeness (QED) is 0.320. The molecule has 9 heavy (non-hydrogen) atoms. The van der Waals surface area contributed by atoms with Crippen molar-refractivity contribution in [3.05, 3.63) is 0 Å². The first kappa shape index (κ1) is 13.0. The molecule has 0 aromatic heterocycles. The summed E-state index contributed by atoms with van der Waals surface area (Å²) in [5.41, 5.74) is 0. The minimum absolute atomic E-state index is 0.354. The third-order valence-corrected chi connectivity index (χ3v) is 0. The van der Waals surface area contributed by atoms with Crippen LogP contribution in [0.25, 0.3) is 0 Å². The van der Waals surface area contributed by atoms with E-state index in [4.69, 9.17) is 19.2 Å². The summed E-state index contributed by atoms with van der Waals surface area (Å²) in [7, 11) is -4.64. The van der Waals surface area contributed by atoms with Crippen LogP contribution in [0.4, 0.5) is 0 Å². The van der Waals surface area contributed by atoms with Crippen molar-refractivity contribution in [1.29, 1.82) is 0 Å². The van der Waals surface area contributed by atoms with E-state index in [2.05, 4.69) is 0 Å². The monoisotopic (exact) mass is 180 g/mol. The molecule has 5 nitrogen and oxygen atoms in total. The number of carbonyl (C=O) groups is 1. The van der Waals surface area contributed by atoms with Crippen LogP contribution in [0.15, 0.2) is 0 Å². The summed E-state index contributed by atoms with van der Waals surface area (Å²) in [5.74, 6) is 0. The topological polar surface area (TPSA) is 94.8 Å². The first-order valence-corrected chi connectivity index (χ1v) is 5.11. The number of phosphoric acid groups is 1. The molecule has 0 saturated carbocycles. The average molecular weight is 180 g/mol. The molecule has 3 N–H and O–H groups in total. The minimum atomic E-state index is -4.64. The normalized spacial score (nSPS) is 9.56. The number of rotatable bonds is 0. The number of hydrogen-bond acceptors (Lipinski definition) is 2. The van der Waals surface area contributed by atoms with Crippen molar-refractivity contribution in [3.63, 3.8) is 0 Å². The van der Waals surface area contributed by atoms with Gasteiger partial charge in [-0.3, -0.25) is 0 Å². The first-order chi connectivity index (χ1) is 3.73. The van der Waals surface area contributed by atoms with Crippen LogP contribution < -0.4 is 0 Å². The van der Waals surface area contributed by atoms with Crippen LogP contribution in [-0.2, 0) is 9.36 Å². The second-order valence-corrected chi connectivity index (χ2v) is 4.65. The van der Waals surface area contributed by atoms with Gasteiger partial charge in [-0.25, -0.2) is 4.57 Å². The molecule has 0 fully saturated rings. The van der Waals surface area contributed by atoms with Gasteiger partial charge in [-0.15, -0.1) is 0 Å². The molecular formula is C2H6KO5P. The Kier molecular flexibility index (Phi) is 8.91. The molecule has 7 heteroatoms. The summed E-state index contributed by atoms with van der Waals surface area (Å²) in [5, 5.41) is 0. The van der Waals surface area contributed by atoms with Crippen LogP contribution >= 0.6 is 7.82 Å². The molecular weight excluding hydrogens is 174 g/mol. The van der Waals surface area contributed by atoms with Crippen molar-refractivity contribution in [2.75, 3.05) is 0 Å². The van der Waals surface area contributed by atoms with E-state index in [0.717, 1.165) is 0 Å². The summed E-state index contributed by atoms with van der Waals surface area (Å²) in [6, 6.07) is 0. The van der Waals surface area contributed by atoms with Gasteiger partial charge in [0.1, 0.15) is 0 Å². The summed E-state index contributed by atoms with van der Waals surface area (Å²) >= 11 is 0.424. The van der Waals surface area contributed by atoms with Gasteiger partial charge in [-0.05, 0) is 0 Å². The van der Waals surface area contributed by atoms with E-state index in [1.807, 2.05) is 0 Å². The Bertz CT molecular complexity index is 115. The largest absolute Gasteiger partial charge is 0.466 e. The second kappa shape index (κ2) is 6.15. The van der Waals surface area contributed by atoms with Crippen LogP contribution in [0.5, 0.6) is 0 Å². The molecule has 0 aliphatic rings. The molecule has 0 rings (SSSR count). The van der Waals surface area contributed by atoms with Gasteiger partial charge in [0.2, 0.25) is 0 Å². The molecule has 0 aliphatic heterocycles. The summed E-state index contributed by atoms with van der Waals surface area (Å²) < 4.78 is 9.24. The van der Waals surface area contributed by atoms with Gasteiger partial charge in [-0.1, -0.05) is 0 Å². The molecule has 0 radical (unpaired) electrons. The van der Waals surface area contributed by atoms with Gasteiger partial charge < -0.3 is 14.7 Å². The second-order valence-electron chi connectivity index (χ2n) is 1.42. The van der Waals surface area contributed by atoms with E-state index in [1.165, 1.54) is 0 Å². The fourth-order valence-electron chi connectivity index (χ4n) is 0. The van der Waals surface area contributed by atoms with E-state index < -0.39 is 7.82 Å². The van der Waals surface area contributed by atoms with Gasteiger partial charge in [0.15, 0.2) is 0 Å². The third-order valence-electron chi connectivity index (χ3n) is 0. The van der Waals surface area contributed by atoms with Gasteiger partial charge in [0.25, 0.3) is 0 Å². The fraction of sp³-hybridized carbons (Fsp3) is 0.500. The Hall–Kier alpha value is 1.42. The predicted molar refractivity (Wildman–Crippen MR) is 30.7 cm³/mol. The zero-order valence-electron chi connectivity index (χ0n) is 5.11. The van der Waals surface area contributed by atoms with Crippen molar-refractivity contribution < 1.29 is 24.0 Å². The van der Waals surface area contributed by atoms with Crippen molar-refractivity contribution in [2.24, 2.45) is 0 Å². The Balaban J connectivity index is 0. The Morgan fingerprint density at radius 2 is 1.44 bits per heavy atom. The molecule has 0 heterocycles. The van der Waals surface area contributed by atoms with Crippen LogP contribution in [0, 0.1) is 0 Å². The Morgan fingerprint density at radius 3 is 1.44 bits per heavy atom. The summed E-state index contributed by atoms with van der Waals surface area (Å²) in [6.07, 6.45) is 0. The third kappa shape index (κ3) is 258. The Labute approximate surface area is 86.3 Å². The van der Waals surface area contributed by atoms with Gasteiger partial charge in [0, 0.05) is 0 Å². The Morgan fingerprint density at radius 1 is 1.44 bits per heavy atom. The standard InChI is InChI=1S/C2H3O.K.H3O4P/c1-2-3;;1-5(2,3)4/h1H3;;(H3,1,2,3,4). The zero-order valence-corrected chi connectivity index (χ0v) is 9.12. The molecule has 0 unspecified atom stereocenters. The van der Waals surface area contributed by atoms with Gasteiger partial charge >= 0.3 is 68.4 Å². The van der Waals surface area contributed by atoms with Crippen molar-refractivity contribution in [1.82, 2.24) is 0 Å². The van der Waals surface area contributed by atoms with E-state index in [9.17, 15) is 4.79 Å². The molecule has 0 spiro atoms. The predicted octanol–water partition coefficient (Wildman–Crippen LogP) is -1.23. The first-order valence-electron chi connectivity index (χ1n) is 1.99. The molecule has 0 saturated heterocycles. The van der Waals surface area contributed by atoms with E-state index in [1.54, 1.807) is 6.92 Å². The molecule has 0 aromatic carbocycles. The van der Waals surface area contributed by atoms with Gasteiger partial charge in [0.05, 0.1) is 0 Å². The maximum absolute atomic E-state index is 9.53. The fourth-order valence-corrected chi connectivity index (χ4v) is 0. The van der Waals surface area contributed by atoms with Crippen LogP contribution in [0.3, 0.4) is 0 Å². The SMILES string of the molecule is C[C](=O)[K].O=P(O)(O)O. The van der Waals surface area contributed by atoms with Crippen LogP contribution in [-0.4, -0.2) is 63.5 Å². The minimum Gasteiger partial charge on any atom is -0.303 e. The van der Waals surface area contributed by atoms with Crippen LogP contribution in [0.2, 0.25) is 0 Å². The van der Waals surface area contributed by atoms with E-state index in [-0.39, 0.29) is 0 Å².